The van der Waals surface area contributed by atoms with E-state index >= 15 is 0 Å². The van der Waals surface area contributed by atoms with Crippen molar-refractivity contribution in [1.82, 2.24) is 19.5 Å². The molecule has 1 aliphatic heterocycles. The normalized spacial score (nSPS) is 23.0. The summed E-state index contributed by atoms with van der Waals surface area (Å²) in [5, 5.41) is 0.180. The van der Waals surface area contributed by atoms with Crippen LogP contribution < -0.4 is 5.73 Å². The summed E-state index contributed by atoms with van der Waals surface area (Å²) in [7, 11) is -1.93. The SMILES string of the molecule is COC1CC(P(=O)(OC(C)C)OC(C)C)OC1Cn1cnc2c(Cl)nc(N)nc21. The molecule has 29 heavy (non-hydrogen) atoms. The van der Waals surface area contributed by atoms with Crippen molar-refractivity contribution in [2.75, 3.05) is 12.8 Å². The number of halogens is 1. The summed E-state index contributed by atoms with van der Waals surface area (Å²) in [6.07, 6.45) is 0.681. The van der Waals surface area contributed by atoms with Gasteiger partial charge in [0.2, 0.25) is 5.95 Å². The largest absolute Gasteiger partial charge is 0.379 e. The van der Waals surface area contributed by atoms with Crippen LogP contribution in [0.1, 0.15) is 34.1 Å². The first kappa shape index (κ1) is 22.4. The standard InChI is InChI=1S/C17H27ClN5O5P/c1-9(2)27-29(24,28-10(3)4)13-6-11(25-5)12(26-13)7-23-8-20-14-15(18)21-17(19)22-16(14)23/h8-13H,6-7H2,1-5H3,(H2,19,21,22). The summed E-state index contributed by atoms with van der Waals surface area (Å²) in [6, 6.07) is 0. The third-order valence-electron chi connectivity index (χ3n) is 4.37. The summed E-state index contributed by atoms with van der Waals surface area (Å²) < 4.78 is 38.3. The van der Waals surface area contributed by atoms with Crippen LogP contribution in [-0.2, 0) is 29.6 Å². The number of anilines is 1. The van der Waals surface area contributed by atoms with E-state index in [0.717, 1.165) is 0 Å². The van der Waals surface area contributed by atoms with E-state index in [4.69, 9.17) is 35.9 Å². The fourth-order valence-electron chi connectivity index (χ4n) is 3.31. The first-order valence-corrected chi connectivity index (χ1v) is 11.4. The third-order valence-corrected chi connectivity index (χ3v) is 7.10. The Hall–Kier alpha value is -1.29. The molecule has 0 aromatic carbocycles. The van der Waals surface area contributed by atoms with Gasteiger partial charge in [0.1, 0.15) is 11.6 Å². The Labute approximate surface area is 174 Å². The van der Waals surface area contributed by atoms with Crippen LogP contribution in [-0.4, -0.2) is 56.9 Å². The molecule has 0 saturated carbocycles. The molecule has 3 unspecified atom stereocenters. The maximum absolute atomic E-state index is 13.4. The predicted molar refractivity (Wildman–Crippen MR) is 109 cm³/mol. The number of hydrogen-bond donors (Lipinski definition) is 1. The zero-order valence-electron chi connectivity index (χ0n) is 17.1. The molecule has 2 aromatic rings. The van der Waals surface area contributed by atoms with E-state index in [1.54, 1.807) is 18.0 Å². The van der Waals surface area contributed by atoms with E-state index in [0.29, 0.717) is 24.1 Å². The van der Waals surface area contributed by atoms with Crippen molar-refractivity contribution in [2.45, 2.75) is 70.9 Å². The molecule has 1 saturated heterocycles. The lowest BCUT2D eigenvalue weighted by molar-refractivity contribution is -0.00745. The van der Waals surface area contributed by atoms with E-state index in [1.807, 2.05) is 27.7 Å². The molecule has 1 fully saturated rings. The van der Waals surface area contributed by atoms with Crippen molar-refractivity contribution in [1.29, 1.82) is 0 Å². The Morgan fingerprint density at radius 1 is 1.31 bits per heavy atom. The molecule has 2 N–H and O–H groups in total. The first-order valence-electron chi connectivity index (χ1n) is 9.41. The van der Waals surface area contributed by atoms with Gasteiger partial charge in [-0.05, 0) is 27.7 Å². The Bertz CT molecular complexity index is 894. The van der Waals surface area contributed by atoms with Gasteiger partial charge in [0.25, 0.3) is 0 Å². The average molecular weight is 448 g/mol. The molecule has 3 rings (SSSR count). The number of fused-ring (bicyclic) bond motifs is 1. The van der Waals surface area contributed by atoms with Gasteiger partial charge >= 0.3 is 7.60 Å². The number of aromatic nitrogens is 4. The van der Waals surface area contributed by atoms with Crippen molar-refractivity contribution in [3.63, 3.8) is 0 Å². The van der Waals surface area contributed by atoms with Gasteiger partial charge in [-0.3, -0.25) is 4.57 Å². The number of hydrogen-bond acceptors (Lipinski definition) is 9. The zero-order chi connectivity index (χ0) is 21.3. The summed E-state index contributed by atoms with van der Waals surface area (Å²) in [5.74, 6) is -0.682. The molecule has 0 aliphatic carbocycles. The van der Waals surface area contributed by atoms with E-state index in [-0.39, 0.29) is 29.4 Å². The number of ether oxygens (including phenoxy) is 2. The molecular formula is C17H27ClN5O5P. The topological polar surface area (TPSA) is 124 Å². The minimum absolute atomic E-state index is 0.0536. The van der Waals surface area contributed by atoms with Crippen LogP contribution in [0.5, 0.6) is 0 Å². The third kappa shape index (κ3) is 4.90. The molecule has 3 heterocycles. The van der Waals surface area contributed by atoms with Gasteiger partial charge in [-0.1, -0.05) is 11.6 Å². The van der Waals surface area contributed by atoms with E-state index in [1.165, 1.54) is 0 Å². The number of methoxy groups -OCH3 is 1. The van der Waals surface area contributed by atoms with Crippen molar-refractivity contribution >= 4 is 36.3 Å². The van der Waals surface area contributed by atoms with Gasteiger partial charge in [-0.2, -0.15) is 9.97 Å². The number of nitrogens with zero attached hydrogens (tertiary/aromatic N) is 4. The van der Waals surface area contributed by atoms with Gasteiger partial charge in [-0.25, -0.2) is 4.98 Å². The maximum atomic E-state index is 13.4. The Morgan fingerprint density at radius 3 is 2.55 bits per heavy atom. The Kier molecular flexibility index (Phi) is 6.82. The quantitative estimate of drug-likeness (QED) is 0.479. The second kappa shape index (κ2) is 8.83. The van der Waals surface area contributed by atoms with Crippen molar-refractivity contribution in [3.05, 3.63) is 11.5 Å². The molecule has 2 aromatic heterocycles. The van der Waals surface area contributed by atoms with E-state index < -0.39 is 19.5 Å². The number of nitrogens with two attached hydrogens (primary N) is 1. The highest BCUT2D eigenvalue weighted by Gasteiger charge is 2.48. The zero-order valence-corrected chi connectivity index (χ0v) is 18.8. The molecular weight excluding hydrogens is 421 g/mol. The summed E-state index contributed by atoms with van der Waals surface area (Å²) in [5.41, 5.74) is 6.65. The minimum Gasteiger partial charge on any atom is -0.379 e. The highest BCUT2D eigenvalue weighted by molar-refractivity contribution is 7.54. The summed E-state index contributed by atoms with van der Waals surface area (Å²) in [6.45, 7) is 7.58. The van der Waals surface area contributed by atoms with Gasteiger partial charge in [0.05, 0.1) is 31.2 Å². The molecule has 0 radical (unpaired) electrons. The molecule has 10 nitrogen and oxygen atoms in total. The monoisotopic (exact) mass is 447 g/mol. The lowest BCUT2D eigenvalue weighted by Crippen LogP contribution is -2.28. The highest BCUT2D eigenvalue weighted by atomic mass is 35.5. The van der Waals surface area contributed by atoms with Crippen LogP contribution in [0, 0.1) is 0 Å². The molecule has 3 atom stereocenters. The lowest BCUT2D eigenvalue weighted by atomic mass is 10.2. The number of imidazole rings is 1. The van der Waals surface area contributed by atoms with Crippen LogP contribution in [0.25, 0.3) is 11.2 Å². The van der Waals surface area contributed by atoms with Crippen LogP contribution >= 0.6 is 19.2 Å². The second-order valence-corrected chi connectivity index (χ2v) is 9.86. The molecule has 12 heteroatoms. The average Bonchev–Trinajstić information content (AvgIpc) is 3.18. The number of rotatable bonds is 8. The van der Waals surface area contributed by atoms with Gasteiger partial charge in [-0.15, -0.1) is 0 Å². The Morgan fingerprint density at radius 2 is 1.97 bits per heavy atom. The van der Waals surface area contributed by atoms with Crippen LogP contribution in [0.4, 0.5) is 5.95 Å². The van der Waals surface area contributed by atoms with Crippen LogP contribution in [0.15, 0.2) is 6.33 Å². The van der Waals surface area contributed by atoms with Gasteiger partial charge in [0, 0.05) is 13.5 Å². The molecule has 0 amide bonds. The predicted octanol–water partition coefficient (Wildman–Crippen LogP) is 3.24. The van der Waals surface area contributed by atoms with Crippen molar-refractivity contribution < 1.29 is 23.1 Å². The lowest BCUT2D eigenvalue weighted by Gasteiger charge is -2.27. The Balaban J connectivity index is 1.85. The molecule has 0 bridgehead atoms. The summed E-state index contributed by atoms with van der Waals surface area (Å²) in [4.78, 5) is 12.4. The molecule has 162 valence electrons. The van der Waals surface area contributed by atoms with E-state index in [2.05, 4.69) is 15.0 Å². The van der Waals surface area contributed by atoms with Crippen LogP contribution in [0.2, 0.25) is 5.15 Å². The van der Waals surface area contributed by atoms with E-state index in [9.17, 15) is 4.57 Å². The van der Waals surface area contributed by atoms with Crippen molar-refractivity contribution in [3.8, 4) is 0 Å². The maximum Gasteiger partial charge on any atom is 0.359 e. The first-order chi connectivity index (χ1) is 13.6. The minimum atomic E-state index is -3.51. The van der Waals surface area contributed by atoms with Gasteiger partial charge < -0.3 is 28.8 Å². The number of nitrogen functional groups attached to an aromatic ring is 1. The summed E-state index contributed by atoms with van der Waals surface area (Å²) >= 11 is 6.10. The fraction of sp³-hybridized carbons (Fsp3) is 0.706. The van der Waals surface area contributed by atoms with Gasteiger partial charge in [0.15, 0.2) is 16.6 Å². The fourth-order valence-corrected chi connectivity index (χ4v) is 5.80. The molecule has 0 spiro atoms. The molecule has 1 aliphatic rings. The highest BCUT2D eigenvalue weighted by Crippen LogP contribution is 2.59. The van der Waals surface area contributed by atoms with Crippen molar-refractivity contribution in [2.24, 2.45) is 0 Å². The second-order valence-electron chi connectivity index (χ2n) is 7.43. The smallest absolute Gasteiger partial charge is 0.359 e. The van der Waals surface area contributed by atoms with Crippen LogP contribution in [0.3, 0.4) is 0 Å².